The number of hydrogen-bond acceptors (Lipinski definition) is 5. The SMILES string of the molecule is CCC(N)c1nc2nc(N)[nH]c(=O)c2[nH]1. The smallest absolute Gasteiger partial charge is 0.278 e. The van der Waals surface area contributed by atoms with E-state index >= 15 is 0 Å². The Morgan fingerprint density at radius 2 is 2.13 bits per heavy atom. The van der Waals surface area contributed by atoms with Crippen LogP contribution in [-0.2, 0) is 0 Å². The van der Waals surface area contributed by atoms with Gasteiger partial charge in [-0.2, -0.15) is 4.98 Å². The molecule has 6 N–H and O–H groups in total. The molecule has 1 atom stereocenters. The number of anilines is 1. The van der Waals surface area contributed by atoms with Crippen molar-refractivity contribution >= 4 is 17.1 Å². The molecule has 0 saturated carbocycles. The molecule has 0 amide bonds. The van der Waals surface area contributed by atoms with Crippen molar-refractivity contribution in [3.8, 4) is 0 Å². The minimum Gasteiger partial charge on any atom is -0.369 e. The van der Waals surface area contributed by atoms with E-state index in [1.807, 2.05) is 6.92 Å². The number of fused-ring (bicyclic) bond motifs is 1. The Kier molecular flexibility index (Phi) is 2.16. The summed E-state index contributed by atoms with van der Waals surface area (Å²) in [6.45, 7) is 1.93. The lowest BCUT2D eigenvalue weighted by Gasteiger charge is -2.01. The Balaban J connectivity index is 2.65. The van der Waals surface area contributed by atoms with E-state index in [0.717, 1.165) is 6.42 Å². The first-order valence-electron chi connectivity index (χ1n) is 4.62. The summed E-state index contributed by atoms with van der Waals surface area (Å²) in [6, 6.07) is -0.222. The van der Waals surface area contributed by atoms with Crippen LogP contribution in [0.25, 0.3) is 11.2 Å². The van der Waals surface area contributed by atoms with Crippen LogP contribution in [0.15, 0.2) is 4.79 Å². The topological polar surface area (TPSA) is 126 Å². The summed E-state index contributed by atoms with van der Waals surface area (Å²) < 4.78 is 0. The van der Waals surface area contributed by atoms with E-state index in [2.05, 4.69) is 19.9 Å². The van der Waals surface area contributed by atoms with Gasteiger partial charge in [0.15, 0.2) is 11.2 Å². The van der Waals surface area contributed by atoms with Crippen LogP contribution in [0.2, 0.25) is 0 Å². The molecule has 0 aliphatic carbocycles. The lowest BCUT2D eigenvalue weighted by atomic mass is 10.2. The number of nitrogens with two attached hydrogens (primary N) is 2. The zero-order chi connectivity index (χ0) is 11.0. The highest BCUT2D eigenvalue weighted by Crippen LogP contribution is 2.12. The molecule has 15 heavy (non-hydrogen) atoms. The summed E-state index contributed by atoms with van der Waals surface area (Å²) in [5.41, 5.74) is 11.4. The Hall–Kier alpha value is -1.89. The van der Waals surface area contributed by atoms with Crippen molar-refractivity contribution in [2.45, 2.75) is 19.4 Å². The minimum absolute atomic E-state index is 0.0515. The third kappa shape index (κ3) is 1.57. The second kappa shape index (κ2) is 3.35. The number of aromatic nitrogens is 4. The molecule has 2 heterocycles. The summed E-state index contributed by atoms with van der Waals surface area (Å²) in [4.78, 5) is 24.7. The molecule has 0 aliphatic heterocycles. The van der Waals surface area contributed by atoms with Crippen molar-refractivity contribution in [3.63, 3.8) is 0 Å². The van der Waals surface area contributed by atoms with Gasteiger partial charge in [0.05, 0.1) is 6.04 Å². The van der Waals surface area contributed by atoms with Gasteiger partial charge in [-0.05, 0) is 6.42 Å². The Morgan fingerprint density at radius 3 is 2.80 bits per heavy atom. The molecular formula is C8H12N6O. The molecule has 0 bridgehead atoms. The standard InChI is InChI=1S/C8H12N6O/c1-2-3(9)5-11-4-6(12-5)13-8(10)14-7(4)15/h3H,2,9H2,1H3,(H4,10,11,12,13,14,15). The number of imidazole rings is 1. The maximum Gasteiger partial charge on any atom is 0.278 e. The van der Waals surface area contributed by atoms with Crippen LogP contribution in [0, 0.1) is 0 Å². The number of rotatable bonds is 2. The van der Waals surface area contributed by atoms with Gasteiger partial charge in [-0.3, -0.25) is 9.78 Å². The van der Waals surface area contributed by atoms with Crippen LogP contribution in [0.4, 0.5) is 5.95 Å². The van der Waals surface area contributed by atoms with Gasteiger partial charge in [-0.15, -0.1) is 0 Å². The highest BCUT2D eigenvalue weighted by molar-refractivity contribution is 5.70. The first-order valence-corrected chi connectivity index (χ1v) is 4.62. The van der Waals surface area contributed by atoms with Gasteiger partial charge in [0.2, 0.25) is 5.95 Å². The minimum atomic E-state index is -0.334. The Bertz CT molecular complexity index is 542. The molecule has 0 fully saturated rings. The van der Waals surface area contributed by atoms with Crippen molar-refractivity contribution in [3.05, 3.63) is 16.2 Å². The summed E-state index contributed by atoms with van der Waals surface area (Å²) in [6.07, 6.45) is 0.729. The highest BCUT2D eigenvalue weighted by atomic mass is 16.1. The van der Waals surface area contributed by atoms with Crippen LogP contribution in [0.3, 0.4) is 0 Å². The zero-order valence-electron chi connectivity index (χ0n) is 8.24. The van der Waals surface area contributed by atoms with Crippen LogP contribution in [-0.4, -0.2) is 19.9 Å². The average molecular weight is 208 g/mol. The first-order chi connectivity index (χ1) is 7.11. The average Bonchev–Trinajstić information content (AvgIpc) is 2.60. The normalized spacial score (nSPS) is 13.2. The fourth-order valence-corrected chi connectivity index (χ4v) is 1.31. The van der Waals surface area contributed by atoms with Gasteiger partial charge in [0.25, 0.3) is 5.56 Å². The molecule has 0 spiro atoms. The van der Waals surface area contributed by atoms with Crippen LogP contribution >= 0.6 is 0 Å². The van der Waals surface area contributed by atoms with E-state index in [-0.39, 0.29) is 17.5 Å². The van der Waals surface area contributed by atoms with E-state index in [4.69, 9.17) is 11.5 Å². The summed E-state index contributed by atoms with van der Waals surface area (Å²) in [5, 5.41) is 0. The summed E-state index contributed by atoms with van der Waals surface area (Å²) >= 11 is 0. The summed E-state index contributed by atoms with van der Waals surface area (Å²) in [7, 11) is 0. The molecule has 7 nitrogen and oxygen atoms in total. The van der Waals surface area contributed by atoms with Crippen molar-refractivity contribution in [2.24, 2.45) is 5.73 Å². The van der Waals surface area contributed by atoms with Gasteiger partial charge in [0, 0.05) is 0 Å². The first kappa shape index (κ1) is 9.66. The van der Waals surface area contributed by atoms with E-state index in [1.165, 1.54) is 0 Å². The van der Waals surface area contributed by atoms with Gasteiger partial charge in [0.1, 0.15) is 5.82 Å². The lowest BCUT2D eigenvalue weighted by Crippen LogP contribution is -2.11. The number of H-pyrrole nitrogens is 2. The van der Waals surface area contributed by atoms with Gasteiger partial charge in [-0.1, -0.05) is 6.92 Å². The number of aromatic amines is 2. The molecule has 0 saturated heterocycles. The van der Waals surface area contributed by atoms with Gasteiger partial charge in [-0.25, -0.2) is 4.98 Å². The molecule has 2 aromatic heterocycles. The quantitative estimate of drug-likeness (QED) is 0.536. The van der Waals surface area contributed by atoms with Crippen molar-refractivity contribution in [1.29, 1.82) is 0 Å². The molecule has 0 aliphatic rings. The fraction of sp³-hybridized carbons (Fsp3) is 0.375. The van der Waals surface area contributed by atoms with Crippen LogP contribution in [0.5, 0.6) is 0 Å². The van der Waals surface area contributed by atoms with E-state index < -0.39 is 0 Å². The zero-order valence-corrected chi connectivity index (χ0v) is 8.24. The highest BCUT2D eigenvalue weighted by Gasteiger charge is 2.12. The van der Waals surface area contributed by atoms with Crippen molar-refractivity contribution in [1.82, 2.24) is 19.9 Å². The molecule has 80 valence electrons. The maximum atomic E-state index is 11.4. The summed E-state index contributed by atoms with van der Waals surface area (Å²) in [5.74, 6) is 0.603. The van der Waals surface area contributed by atoms with E-state index in [9.17, 15) is 4.79 Å². The fourth-order valence-electron chi connectivity index (χ4n) is 1.31. The van der Waals surface area contributed by atoms with E-state index in [0.29, 0.717) is 17.0 Å². The molecule has 0 radical (unpaired) electrons. The molecule has 1 unspecified atom stereocenters. The molecule has 0 aromatic carbocycles. The van der Waals surface area contributed by atoms with Crippen molar-refractivity contribution < 1.29 is 0 Å². The second-order valence-electron chi connectivity index (χ2n) is 3.29. The monoisotopic (exact) mass is 208 g/mol. The number of hydrogen-bond donors (Lipinski definition) is 4. The predicted molar refractivity (Wildman–Crippen MR) is 56.1 cm³/mol. The van der Waals surface area contributed by atoms with Crippen molar-refractivity contribution in [2.75, 3.05) is 5.73 Å². The molecule has 2 aromatic rings. The second-order valence-corrected chi connectivity index (χ2v) is 3.29. The molecule has 2 rings (SSSR count). The third-order valence-electron chi connectivity index (χ3n) is 2.19. The Morgan fingerprint density at radius 1 is 1.40 bits per heavy atom. The number of nitrogens with zero attached hydrogens (tertiary/aromatic N) is 2. The predicted octanol–water partition coefficient (Wildman–Crippen LogP) is -0.362. The lowest BCUT2D eigenvalue weighted by molar-refractivity contribution is 0.660. The Labute approximate surface area is 84.9 Å². The van der Waals surface area contributed by atoms with Crippen LogP contribution < -0.4 is 17.0 Å². The maximum absolute atomic E-state index is 11.4. The number of nitrogen functional groups attached to an aromatic ring is 1. The third-order valence-corrected chi connectivity index (χ3v) is 2.19. The van der Waals surface area contributed by atoms with Gasteiger partial charge < -0.3 is 16.5 Å². The van der Waals surface area contributed by atoms with Crippen LogP contribution in [0.1, 0.15) is 25.2 Å². The van der Waals surface area contributed by atoms with Gasteiger partial charge >= 0.3 is 0 Å². The largest absolute Gasteiger partial charge is 0.369 e. The molecule has 7 heteroatoms. The van der Waals surface area contributed by atoms with E-state index in [1.54, 1.807) is 0 Å². The number of nitrogens with one attached hydrogen (secondary N) is 2. The molecular weight excluding hydrogens is 196 g/mol.